The molecule has 1 heterocycles. The van der Waals surface area contributed by atoms with Crippen molar-refractivity contribution in [3.05, 3.63) is 48.0 Å². The molecule has 1 saturated heterocycles. The number of fused-ring (bicyclic) bond motifs is 1. The first kappa shape index (κ1) is 14.5. The van der Waals surface area contributed by atoms with E-state index in [9.17, 15) is 5.26 Å². The van der Waals surface area contributed by atoms with E-state index in [1.54, 1.807) is 0 Å². The Morgan fingerprint density at radius 1 is 0.917 bits per heavy atom. The lowest BCUT2D eigenvalue weighted by atomic mass is 9.79. The van der Waals surface area contributed by atoms with Crippen LogP contribution in [0.1, 0.15) is 37.2 Å². The maximum absolute atomic E-state index is 9.71. The first-order valence-electron chi connectivity index (χ1n) is 8.93. The largest absolute Gasteiger partial charge is 0.348 e. The summed E-state index contributed by atoms with van der Waals surface area (Å²) in [5.41, 5.74) is 1.46. The third kappa shape index (κ3) is 1.97. The molecule has 0 N–H and O–H groups in total. The van der Waals surface area contributed by atoms with Gasteiger partial charge in [0.25, 0.3) is 0 Å². The summed E-state index contributed by atoms with van der Waals surface area (Å²) in [5, 5.41) is 12.2. The van der Waals surface area contributed by atoms with Crippen molar-refractivity contribution in [1.29, 1.82) is 5.26 Å². The van der Waals surface area contributed by atoms with Crippen LogP contribution in [0.15, 0.2) is 42.5 Å². The summed E-state index contributed by atoms with van der Waals surface area (Å²) in [4.78, 5) is 0. The lowest BCUT2D eigenvalue weighted by molar-refractivity contribution is -0.185. The van der Waals surface area contributed by atoms with Crippen LogP contribution in [0.4, 0.5) is 0 Å². The Kier molecular flexibility index (Phi) is 3.04. The number of nitrogens with zero attached hydrogens (tertiary/aromatic N) is 1. The summed E-state index contributed by atoms with van der Waals surface area (Å²) in [7, 11) is 0. The SMILES string of the molecule is N#C[C@H]1[C@H](c2ccc3ccccc3c2)C12CCC1(CC2)OCCO1. The van der Waals surface area contributed by atoms with E-state index in [-0.39, 0.29) is 17.1 Å². The van der Waals surface area contributed by atoms with Gasteiger partial charge in [0.15, 0.2) is 5.79 Å². The number of hydrogen-bond acceptors (Lipinski definition) is 3. The molecule has 2 aliphatic carbocycles. The van der Waals surface area contributed by atoms with Gasteiger partial charge in [0, 0.05) is 18.8 Å². The van der Waals surface area contributed by atoms with Gasteiger partial charge < -0.3 is 9.47 Å². The zero-order valence-corrected chi connectivity index (χ0v) is 13.7. The van der Waals surface area contributed by atoms with Gasteiger partial charge in [-0.15, -0.1) is 0 Å². The molecule has 0 aromatic heterocycles. The Morgan fingerprint density at radius 3 is 2.33 bits per heavy atom. The highest BCUT2D eigenvalue weighted by molar-refractivity contribution is 5.83. The Morgan fingerprint density at radius 2 is 1.62 bits per heavy atom. The van der Waals surface area contributed by atoms with Crippen LogP contribution in [0.5, 0.6) is 0 Å². The topological polar surface area (TPSA) is 42.2 Å². The van der Waals surface area contributed by atoms with Crippen molar-refractivity contribution in [2.45, 2.75) is 37.4 Å². The molecular weight excluding hydrogens is 298 g/mol. The number of ether oxygens (including phenoxy) is 2. The van der Waals surface area contributed by atoms with E-state index < -0.39 is 0 Å². The van der Waals surface area contributed by atoms with Crippen molar-refractivity contribution in [1.82, 2.24) is 0 Å². The molecule has 2 atom stereocenters. The van der Waals surface area contributed by atoms with E-state index in [2.05, 4.69) is 48.5 Å². The minimum absolute atomic E-state index is 0.136. The lowest BCUT2D eigenvalue weighted by Gasteiger charge is -2.36. The molecule has 1 aliphatic heterocycles. The predicted octanol–water partition coefficient (Wildman–Crippen LogP) is 4.38. The second kappa shape index (κ2) is 5.05. The Bertz CT molecular complexity index is 821. The Labute approximate surface area is 142 Å². The molecule has 3 nitrogen and oxygen atoms in total. The molecule has 3 heteroatoms. The van der Waals surface area contributed by atoms with Gasteiger partial charge in [-0.05, 0) is 34.6 Å². The fraction of sp³-hybridized carbons (Fsp3) is 0.476. The van der Waals surface area contributed by atoms with Crippen molar-refractivity contribution in [3.63, 3.8) is 0 Å². The van der Waals surface area contributed by atoms with Gasteiger partial charge >= 0.3 is 0 Å². The number of hydrogen-bond donors (Lipinski definition) is 0. The van der Waals surface area contributed by atoms with Crippen molar-refractivity contribution < 1.29 is 9.47 Å². The normalized spacial score (nSPS) is 29.8. The van der Waals surface area contributed by atoms with Crippen LogP contribution in [0.2, 0.25) is 0 Å². The fourth-order valence-electron chi connectivity index (χ4n) is 5.12. The Balaban J connectivity index is 1.44. The highest BCUT2D eigenvalue weighted by Crippen LogP contribution is 2.72. The summed E-state index contributed by atoms with van der Waals surface area (Å²) in [5.74, 6) is 0.158. The molecule has 2 aromatic carbocycles. The molecular formula is C21H21NO2. The third-order valence-electron chi connectivity index (χ3n) is 6.49. The third-order valence-corrected chi connectivity index (χ3v) is 6.49. The van der Waals surface area contributed by atoms with Gasteiger partial charge in [0.1, 0.15) is 0 Å². The van der Waals surface area contributed by atoms with Crippen molar-refractivity contribution in [3.8, 4) is 6.07 Å². The molecule has 0 amide bonds. The summed E-state index contributed by atoms with van der Waals surface area (Å²) < 4.78 is 11.7. The van der Waals surface area contributed by atoms with Gasteiger partial charge in [-0.1, -0.05) is 42.5 Å². The average molecular weight is 319 g/mol. The van der Waals surface area contributed by atoms with E-state index in [4.69, 9.17) is 9.47 Å². The monoisotopic (exact) mass is 319 g/mol. The highest BCUT2D eigenvalue weighted by Gasteiger charge is 2.67. The van der Waals surface area contributed by atoms with Gasteiger partial charge in [0.2, 0.25) is 0 Å². The standard InChI is InChI=1S/C21H21NO2/c22-14-18-19(17-6-5-15-3-1-2-4-16(15)13-17)20(18)7-9-21(10-8-20)23-11-12-24-21/h1-6,13,18-19H,7-12H2/t18-,19-/m0/s1. The predicted molar refractivity (Wildman–Crippen MR) is 91.3 cm³/mol. The summed E-state index contributed by atoms with van der Waals surface area (Å²) in [6.45, 7) is 1.42. The van der Waals surface area contributed by atoms with E-state index >= 15 is 0 Å². The van der Waals surface area contributed by atoms with E-state index in [1.165, 1.54) is 16.3 Å². The number of rotatable bonds is 1. The summed E-state index contributed by atoms with van der Waals surface area (Å²) in [6.07, 6.45) is 3.91. The van der Waals surface area contributed by atoms with Crippen molar-refractivity contribution in [2.24, 2.45) is 11.3 Å². The molecule has 5 rings (SSSR count). The molecule has 122 valence electrons. The first-order valence-corrected chi connectivity index (χ1v) is 8.93. The highest BCUT2D eigenvalue weighted by atomic mass is 16.7. The molecule has 2 aromatic rings. The molecule has 2 spiro atoms. The first-order chi connectivity index (χ1) is 11.8. The maximum atomic E-state index is 9.71. The van der Waals surface area contributed by atoms with Crippen LogP contribution in [-0.4, -0.2) is 19.0 Å². The molecule has 0 unspecified atom stereocenters. The maximum Gasteiger partial charge on any atom is 0.168 e. The van der Waals surface area contributed by atoms with Gasteiger partial charge in [-0.3, -0.25) is 0 Å². The van der Waals surface area contributed by atoms with Gasteiger partial charge in [-0.25, -0.2) is 0 Å². The molecule has 0 radical (unpaired) electrons. The zero-order chi connectivity index (χ0) is 16.2. The van der Waals surface area contributed by atoms with Crippen molar-refractivity contribution >= 4 is 10.8 Å². The van der Waals surface area contributed by atoms with Crippen LogP contribution in [-0.2, 0) is 9.47 Å². The van der Waals surface area contributed by atoms with E-state index in [0.717, 1.165) is 25.7 Å². The second-order valence-electron chi connectivity index (χ2n) is 7.53. The van der Waals surface area contributed by atoms with Crippen LogP contribution in [0.25, 0.3) is 10.8 Å². The molecule has 2 saturated carbocycles. The van der Waals surface area contributed by atoms with Gasteiger partial charge in [0.05, 0.1) is 25.2 Å². The van der Waals surface area contributed by atoms with E-state index in [0.29, 0.717) is 19.1 Å². The minimum Gasteiger partial charge on any atom is -0.348 e. The molecule has 0 bridgehead atoms. The van der Waals surface area contributed by atoms with Crippen molar-refractivity contribution in [2.75, 3.05) is 13.2 Å². The lowest BCUT2D eigenvalue weighted by Crippen LogP contribution is -2.36. The minimum atomic E-state index is -0.345. The smallest absolute Gasteiger partial charge is 0.168 e. The molecule has 24 heavy (non-hydrogen) atoms. The number of benzene rings is 2. The quantitative estimate of drug-likeness (QED) is 0.783. The summed E-state index contributed by atoms with van der Waals surface area (Å²) >= 11 is 0. The fourth-order valence-corrected chi connectivity index (χ4v) is 5.12. The van der Waals surface area contributed by atoms with Crippen LogP contribution in [0, 0.1) is 22.7 Å². The van der Waals surface area contributed by atoms with Crippen LogP contribution >= 0.6 is 0 Å². The average Bonchev–Trinajstić information content (AvgIpc) is 3.02. The van der Waals surface area contributed by atoms with Crippen LogP contribution < -0.4 is 0 Å². The second-order valence-corrected chi connectivity index (χ2v) is 7.53. The zero-order valence-electron chi connectivity index (χ0n) is 13.7. The molecule has 3 fully saturated rings. The number of nitriles is 1. The Hall–Kier alpha value is -1.89. The van der Waals surface area contributed by atoms with Gasteiger partial charge in [-0.2, -0.15) is 5.26 Å². The summed E-state index contributed by atoms with van der Waals surface area (Å²) in [6, 6.07) is 17.7. The van der Waals surface area contributed by atoms with E-state index in [1.807, 2.05) is 0 Å². The molecule has 3 aliphatic rings. The van der Waals surface area contributed by atoms with Crippen LogP contribution in [0.3, 0.4) is 0 Å².